The topological polar surface area (TPSA) is 56.3 Å². The van der Waals surface area contributed by atoms with Gasteiger partial charge >= 0.3 is 6.18 Å². The summed E-state index contributed by atoms with van der Waals surface area (Å²) >= 11 is 0. The molecule has 0 spiro atoms. The Bertz CT molecular complexity index is 724. The fourth-order valence-electron chi connectivity index (χ4n) is 2.40. The number of unbranched alkanes of at least 4 members (excludes halogenated alkanes) is 3. The van der Waals surface area contributed by atoms with Gasteiger partial charge in [0, 0.05) is 6.20 Å². The highest BCUT2D eigenvalue weighted by Gasteiger charge is 2.36. The van der Waals surface area contributed by atoms with Crippen LogP contribution in [0.4, 0.5) is 24.8 Å². The molecule has 148 valence electrons. The molecule has 1 aromatic carbocycles. The van der Waals surface area contributed by atoms with E-state index in [2.05, 4.69) is 22.2 Å². The van der Waals surface area contributed by atoms with E-state index in [4.69, 9.17) is 9.47 Å². The molecule has 1 N–H and O–H groups in total. The standard InChI is InChI=1S/C19H24F3N3O2/c1-3-5-6-9-12-27-17-14(19(20,21)22)13-23-18(25-17)24-15-10-7-8-11-16(15)26-4-2/h7-8,10-11,13H,3-6,9,12H2,1-2H3,(H,23,24,25). The number of ether oxygens (including phenoxy) is 2. The van der Waals surface area contributed by atoms with Gasteiger partial charge in [-0.1, -0.05) is 38.3 Å². The Morgan fingerprint density at radius 1 is 1.04 bits per heavy atom. The van der Waals surface area contributed by atoms with Gasteiger partial charge in [0.15, 0.2) is 0 Å². The molecule has 0 bridgehead atoms. The summed E-state index contributed by atoms with van der Waals surface area (Å²) in [7, 11) is 0. The third-order valence-corrected chi connectivity index (χ3v) is 3.73. The molecule has 0 aliphatic carbocycles. The van der Waals surface area contributed by atoms with E-state index in [1.807, 2.05) is 6.92 Å². The van der Waals surface area contributed by atoms with Crippen molar-refractivity contribution in [2.75, 3.05) is 18.5 Å². The van der Waals surface area contributed by atoms with Gasteiger partial charge in [0.25, 0.3) is 0 Å². The van der Waals surface area contributed by atoms with Crippen LogP contribution < -0.4 is 14.8 Å². The number of alkyl halides is 3. The second-order valence-corrected chi connectivity index (χ2v) is 5.87. The van der Waals surface area contributed by atoms with Crippen molar-refractivity contribution in [1.82, 2.24) is 9.97 Å². The molecule has 5 nitrogen and oxygen atoms in total. The summed E-state index contributed by atoms with van der Waals surface area (Å²) in [4.78, 5) is 7.72. The van der Waals surface area contributed by atoms with Crippen molar-refractivity contribution in [2.45, 2.75) is 45.7 Å². The van der Waals surface area contributed by atoms with E-state index < -0.39 is 17.6 Å². The lowest BCUT2D eigenvalue weighted by atomic mass is 10.2. The van der Waals surface area contributed by atoms with Gasteiger partial charge in [-0.05, 0) is 25.5 Å². The van der Waals surface area contributed by atoms with Crippen LogP contribution in [0.25, 0.3) is 0 Å². The summed E-state index contributed by atoms with van der Waals surface area (Å²) < 4.78 is 50.4. The lowest BCUT2D eigenvalue weighted by Gasteiger charge is -2.15. The number of benzene rings is 1. The van der Waals surface area contributed by atoms with Crippen molar-refractivity contribution in [3.8, 4) is 11.6 Å². The number of nitrogens with zero attached hydrogens (tertiary/aromatic N) is 2. The maximum absolute atomic E-state index is 13.2. The van der Waals surface area contributed by atoms with Crippen LogP contribution >= 0.6 is 0 Å². The highest BCUT2D eigenvalue weighted by molar-refractivity contribution is 5.62. The van der Waals surface area contributed by atoms with Gasteiger partial charge in [0.05, 0.1) is 18.9 Å². The van der Waals surface area contributed by atoms with Crippen molar-refractivity contribution >= 4 is 11.6 Å². The number of aromatic nitrogens is 2. The number of hydrogen-bond acceptors (Lipinski definition) is 5. The first-order chi connectivity index (χ1) is 13.0. The number of halogens is 3. The van der Waals surface area contributed by atoms with Gasteiger partial charge < -0.3 is 14.8 Å². The predicted molar refractivity (Wildman–Crippen MR) is 97.6 cm³/mol. The molecule has 1 aromatic heterocycles. The largest absolute Gasteiger partial charge is 0.492 e. The Morgan fingerprint density at radius 2 is 1.81 bits per heavy atom. The van der Waals surface area contributed by atoms with Gasteiger partial charge in [-0.25, -0.2) is 4.98 Å². The van der Waals surface area contributed by atoms with Crippen LogP contribution in [-0.2, 0) is 6.18 Å². The highest BCUT2D eigenvalue weighted by atomic mass is 19.4. The third-order valence-electron chi connectivity index (χ3n) is 3.73. The first-order valence-electron chi connectivity index (χ1n) is 9.01. The zero-order chi connectivity index (χ0) is 19.7. The molecule has 27 heavy (non-hydrogen) atoms. The Balaban J connectivity index is 2.19. The van der Waals surface area contributed by atoms with Crippen molar-refractivity contribution in [1.29, 1.82) is 0 Å². The molecule has 1 heterocycles. The zero-order valence-electron chi connectivity index (χ0n) is 15.5. The molecule has 2 rings (SSSR count). The van der Waals surface area contributed by atoms with E-state index in [1.54, 1.807) is 24.3 Å². The van der Waals surface area contributed by atoms with Crippen molar-refractivity contribution in [3.05, 3.63) is 36.0 Å². The summed E-state index contributed by atoms with van der Waals surface area (Å²) in [6.07, 6.45) is -0.226. The Kier molecular flexibility index (Phi) is 7.69. The maximum atomic E-state index is 13.2. The summed E-state index contributed by atoms with van der Waals surface area (Å²) in [5.74, 6) is 0.106. The fourth-order valence-corrected chi connectivity index (χ4v) is 2.40. The summed E-state index contributed by atoms with van der Waals surface area (Å²) in [6.45, 7) is 4.54. The smallest absolute Gasteiger partial charge is 0.423 e. The molecule has 0 radical (unpaired) electrons. The van der Waals surface area contributed by atoms with E-state index in [1.165, 1.54) is 0 Å². The molecule has 0 aliphatic heterocycles. The molecule has 0 fully saturated rings. The summed E-state index contributed by atoms with van der Waals surface area (Å²) in [5, 5.41) is 2.89. The van der Waals surface area contributed by atoms with Crippen molar-refractivity contribution in [2.24, 2.45) is 0 Å². The van der Waals surface area contributed by atoms with Gasteiger partial charge in [-0.2, -0.15) is 18.2 Å². The van der Waals surface area contributed by atoms with Crippen LogP contribution in [-0.4, -0.2) is 23.2 Å². The molecule has 0 unspecified atom stereocenters. The van der Waals surface area contributed by atoms with Crippen LogP contribution in [0.2, 0.25) is 0 Å². The van der Waals surface area contributed by atoms with Crippen molar-refractivity contribution in [3.63, 3.8) is 0 Å². The zero-order valence-corrected chi connectivity index (χ0v) is 15.5. The number of rotatable bonds is 10. The first-order valence-corrected chi connectivity index (χ1v) is 9.01. The Morgan fingerprint density at radius 3 is 2.52 bits per heavy atom. The third kappa shape index (κ3) is 6.30. The van der Waals surface area contributed by atoms with E-state index >= 15 is 0 Å². The number of para-hydroxylation sites is 2. The number of hydrogen-bond donors (Lipinski definition) is 1. The van der Waals surface area contributed by atoms with E-state index in [0.717, 1.165) is 25.5 Å². The normalized spacial score (nSPS) is 11.3. The summed E-state index contributed by atoms with van der Waals surface area (Å²) in [5.41, 5.74) is -0.422. The molecule has 0 aliphatic rings. The van der Waals surface area contributed by atoms with Crippen LogP contribution in [0.3, 0.4) is 0 Å². The monoisotopic (exact) mass is 383 g/mol. The SMILES string of the molecule is CCCCCCOc1nc(Nc2ccccc2OCC)ncc1C(F)(F)F. The molecule has 0 atom stereocenters. The minimum atomic E-state index is -4.58. The highest BCUT2D eigenvalue weighted by Crippen LogP contribution is 2.36. The van der Waals surface area contributed by atoms with E-state index in [0.29, 0.717) is 24.5 Å². The number of nitrogens with one attached hydrogen (secondary N) is 1. The fraction of sp³-hybridized carbons (Fsp3) is 0.474. The van der Waals surface area contributed by atoms with Crippen LogP contribution in [0.15, 0.2) is 30.5 Å². The minimum absolute atomic E-state index is 0.0127. The molecule has 2 aromatic rings. The van der Waals surface area contributed by atoms with Gasteiger partial charge in [-0.15, -0.1) is 0 Å². The lowest BCUT2D eigenvalue weighted by Crippen LogP contribution is -2.13. The minimum Gasteiger partial charge on any atom is -0.492 e. The first kappa shape index (κ1) is 20.8. The van der Waals surface area contributed by atoms with Crippen molar-refractivity contribution < 1.29 is 22.6 Å². The van der Waals surface area contributed by atoms with Crippen LogP contribution in [0, 0.1) is 0 Å². The average Bonchev–Trinajstić information content (AvgIpc) is 2.63. The summed E-state index contributed by atoms with van der Waals surface area (Å²) in [6, 6.07) is 7.06. The Labute approximate surface area is 156 Å². The molecular formula is C19H24F3N3O2. The van der Waals surface area contributed by atoms with Crippen LogP contribution in [0.1, 0.15) is 45.1 Å². The average molecular weight is 383 g/mol. The van der Waals surface area contributed by atoms with Crippen LogP contribution in [0.5, 0.6) is 11.6 Å². The van der Waals surface area contributed by atoms with Gasteiger partial charge in [0.1, 0.15) is 11.3 Å². The van der Waals surface area contributed by atoms with E-state index in [9.17, 15) is 13.2 Å². The predicted octanol–water partition coefficient (Wildman–Crippen LogP) is 5.60. The molecule has 0 amide bonds. The quantitative estimate of drug-likeness (QED) is 0.542. The second kappa shape index (κ2) is 9.99. The van der Waals surface area contributed by atoms with Gasteiger partial charge in [0.2, 0.25) is 11.8 Å². The second-order valence-electron chi connectivity index (χ2n) is 5.87. The molecule has 0 saturated heterocycles. The van der Waals surface area contributed by atoms with Gasteiger partial charge in [-0.3, -0.25) is 0 Å². The Hall–Kier alpha value is -2.51. The maximum Gasteiger partial charge on any atom is 0.423 e. The molecular weight excluding hydrogens is 359 g/mol. The lowest BCUT2D eigenvalue weighted by molar-refractivity contribution is -0.139. The molecule has 0 saturated carbocycles. The molecule has 8 heteroatoms. The van der Waals surface area contributed by atoms with E-state index in [-0.39, 0.29) is 12.6 Å². The number of anilines is 2.